The van der Waals surface area contributed by atoms with Crippen LogP contribution in [-0.2, 0) is 6.54 Å². The van der Waals surface area contributed by atoms with Crippen molar-refractivity contribution in [2.24, 2.45) is 0 Å². The number of nitro groups is 1. The lowest BCUT2D eigenvalue weighted by atomic mass is 10.1. The molecule has 0 aliphatic carbocycles. The Morgan fingerprint density at radius 3 is 2.60 bits per heavy atom. The Labute approximate surface area is 140 Å². The molecule has 25 heavy (non-hydrogen) atoms. The van der Waals surface area contributed by atoms with Gasteiger partial charge in [0.15, 0.2) is 0 Å². The second-order valence-electron chi connectivity index (χ2n) is 5.29. The average Bonchev–Trinajstić information content (AvgIpc) is 2.97. The van der Waals surface area contributed by atoms with Gasteiger partial charge in [-0.05, 0) is 23.8 Å². The van der Waals surface area contributed by atoms with Crippen LogP contribution in [0.2, 0.25) is 0 Å². The Bertz CT molecular complexity index is 896. The summed E-state index contributed by atoms with van der Waals surface area (Å²) >= 11 is 0. The van der Waals surface area contributed by atoms with Crippen LogP contribution in [0.4, 0.5) is 14.5 Å². The normalized spacial score (nSPS) is 12.5. The third-order valence-corrected chi connectivity index (χ3v) is 3.68. The number of alkyl halides is 2. The van der Waals surface area contributed by atoms with E-state index in [9.17, 15) is 24.0 Å². The predicted octanol–water partition coefficient (Wildman–Crippen LogP) is 3.28. The quantitative estimate of drug-likeness (QED) is 0.545. The van der Waals surface area contributed by atoms with Crippen molar-refractivity contribution in [1.82, 2.24) is 9.78 Å². The summed E-state index contributed by atoms with van der Waals surface area (Å²) in [6, 6.07) is 9.95. The lowest BCUT2D eigenvalue weighted by Crippen LogP contribution is -2.10. The number of aliphatic hydroxyl groups excluding tert-OH is 1. The van der Waals surface area contributed by atoms with E-state index in [-0.39, 0.29) is 18.0 Å². The zero-order chi connectivity index (χ0) is 18.0. The molecule has 1 heterocycles. The Morgan fingerprint density at radius 1 is 1.24 bits per heavy atom. The second-order valence-corrected chi connectivity index (χ2v) is 5.29. The van der Waals surface area contributed by atoms with E-state index >= 15 is 0 Å². The van der Waals surface area contributed by atoms with E-state index in [4.69, 9.17) is 0 Å². The molecule has 0 fully saturated rings. The van der Waals surface area contributed by atoms with Crippen molar-refractivity contribution in [2.75, 3.05) is 0 Å². The van der Waals surface area contributed by atoms with Gasteiger partial charge in [0.2, 0.25) is 0 Å². The lowest BCUT2D eigenvalue weighted by Gasteiger charge is -2.13. The summed E-state index contributed by atoms with van der Waals surface area (Å²) in [4.78, 5) is 10.4. The fourth-order valence-corrected chi connectivity index (χ4v) is 2.46. The number of benzene rings is 2. The third-order valence-electron chi connectivity index (χ3n) is 3.68. The highest BCUT2D eigenvalue weighted by Gasteiger charge is 2.14. The van der Waals surface area contributed by atoms with Crippen LogP contribution in [0, 0.1) is 10.1 Å². The molecule has 130 valence electrons. The Morgan fingerprint density at radius 2 is 1.96 bits per heavy atom. The maximum absolute atomic E-state index is 12.1. The monoisotopic (exact) mass is 349 g/mol. The smallest absolute Gasteiger partial charge is 0.387 e. The molecule has 0 spiro atoms. The molecular weight excluding hydrogens is 336 g/mol. The van der Waals surface area contributed by atoms with Crippen LogP contribution in [0.25, 0.3) is 10.9 Å². The van der Waals surface area contributed by atoms with Gasteiger partial charge in [0.25, 0.3) is 5.69 Å². The van der Waals surface area contributed by atoms with Crippen molar-refractivity contribution >= 4 is 16.6 Å². The Kier molecular flexibility index (Phi) is 4.57. The molecule has 1 N–H and O–H groups in total. The Hall–Kier alpha value is -3.07. The fraction of sp³-hybridized carbons (Fsp3) is 0.188. The molecule has 0 aliphatic rings. The molecule has 0 saturated heterocycles. The second kappa shape index (κ2) is 6.81. The number of non-ortho nitro benzene ring substituents is 1. The number of fused-ring (bicyclic) bond motifs is 1. The first kappa shape index (κ1) is 16.8. The molecule has 2 aromatic carbocycles. The van der Waals surface area contributed by atoms with Gasteiger partial charge in [-0.15, -0.1) is 0 Å². The molecule has 3 aromatic rings. The molecule has 0 aliphatic heterocycles. The van der Waals surface area contributed by atoms with E-state index in [2.05, 4.69) is 9.84 Å². The van der Waals surface area contributed by atoms with E-state index in [0.29, 0.717) is 16.5 Å². The van der Waals surface area contributed by atoms with Crippen molar-refractivity contribution in [1.29, 1.82) is 0 Å². The van der Waals surface area contributed by atoms with Crippen molar-refractivity contribution in [3.8, 4) is 5.75 Å². The maximum Gasteiger partial charge on any atom is 0.387 e. The van der Waals surface area contributed by atoms with Crippen LogP contribution < -0.4 is 4.74 Å². The minimum absolute atomic E-state index is 0.00823. The van der Waals surface area contributed by atoms with Crippen LogP contribution >= 0.6 is 0 Å². The molecule has 1 aromatic heterocycles. The zero-order valence-corrected chi connectivity index (χ0v) is 12.8. The summed E-state index contributed by atoms with van der Waals surface area (Å²) in [6.07, 6.45) is 0.577. The topological polar surface area (TPSA) is 90.4 Å². The maximum atomic E-state index is 12.1. The zero-order valence-electron chi connectivity index (χ0n) is 12.8. The number of halogens is 2. The Balaban J connectivity index is 1.80. The summed E-state index contributed by atoms with van der Waals surface area (Å²) in [7, 11) is 0. The number of hydrogen-bond acceptors (Lipinski definition) is 5. The average molecular weight is 349 g/mol. The van der Waals surface area contributed by atoms with E-state index in [1.54, 1.807) is 12.3 Å². The predicted molar refractivity (Wildman–Crippen MR) is 84.4 cm³/mol. The van der Waals surface area contributed by atoms with E-state index in [1.807, 2.05) is 0 Å². The molecule has 0 bridgehead atoms. The lowest BCUT2D eigenvalue weighted by molar-refractivity contribution is -0.384. The first-order chi connectivity index (χ1) is 11.9. The molecule has 0 saturated carbocycles. The molecule has 3 rings (SSSR count). The summed E-state index contributed by atoms with van der Waals surface area (Å²) in [5.41, 5.74) is 0.929. The van der Waals surface area contributed by atoms with Crippen LogP contribution in [0.5, 0.6) is 5.75 Å². The number of aromatic nitrogens is 2. The molecule has 0 radical (unpaired) electrons. The van der Waals surface area contributed by atoms with E-state index in [1.165, 1.54) is 41.1 Å². The van der Waals surface area contributed by atoms with Gasteiger partial charge >= 0.3 is 6.61 Å². The molecular formula is C16H13F2N3O4. The van der Waals surface area contributed by atoms with Gasteiger partial charge in [0.1, 0.15) is 5.75 Å². The van der Waals surface area contributed by atoms with Crippen molar-refractivity contribution in [3.63, 3.8) is 0 Å². The van der Waals surface area contributed by atoms with Gasteiger partial charge in [-0.1, -0.05) is 12.1 Å². The molecule has 1 unspecified atom stereocenters. The first-order valence-electron chi connectivity index (χ1n) is 7.27. The standard InChI is InChI=1S/C16H13F2N3O4/c17-16(18)25-13-5-2-10(3-6-13)15(22)9-20-14-7-12(21(23)24)4-1-11(14)8-19-20/h1-8,15-16,22H,9H2. The molecule has 9 heteroatoms. The number of aliphatic hydroxyl groups is 1. The van der Waals surface area contributed by atoms with Gasteiger partial charge in [0.05, 0.1) is 29.3 Å². The van der Waals surface area contributed by atoms with Crippen molar-refractivity contribution in [3.05, 3.63) is 64.3 Å². The summed E-state index contributed by atoms with van der Waals surface area (Å²) < 4.78 is 30.0. The van der Waals surface area contributed by atoms with Crippen molar-refractivity contribution < 1.29 is 23.5 Å². The highest BCUT2D eigenvalue weighted by molar-refractivity contribution is 5.80. The van der Waals surface area contributed by atoms with Gasteiger partial charge in [0, 0.05) is 17.5 Å². The van der Waals surface area contributed by atoms with Gasteiger partial charge in [-0.2, -0.15) is 13.9 Å². The summed E-state index contributed by atoms with van der Waals surface area (Å²) in [6.45, 7) is -2.86. The number of ether oxygens (including phenoxy) is 1. The number of nitro benzene ring substituents is 1. The van der Waals surface area contributed by atoms with Crippen LogP contribution in [0.3, 0.4) is 0 Å². The molecule has 0 amide bonds. The minimum atomic E-state index is -2.91. The van der Waals surface area contributed by atoms with Gasteiger partial charge in [-0.3, -0.25) is 14.8 Å². The van der Waals surface area contributed by atoms with Gasteiger partial charge < -0.3 is 9.84 Å². The fourth-order valence-electron chi connectivity index (χ4n) is 2.46. The van der Waals surface area contributed by atoms with Crippen molar-refractivity contribution in [2.45, 2.75) is 19.3 Å². The highest BCUT2D eigenvalue weighted by Crippen LogP contribution is 2.24. The van der Waals surface area contributed by atoms with Crippen LogP contribution in [0.1, 0.15) is 11.7 Å². The number of nitrogens with zero attached hydrogens (tertiary/aromatic N) is 3. The third kappa shape index (κ3) is 3.72. The minimum Gasteiger partial charge on any atom is -0.435 e. The molecule has 1 atom stereocenters. The largest absolute Gasteiger partial charge is 0.435 e. The number of hydrogen-bond donors (Lipinski definition) is 1. The van der Waals surface area contributed by atoms with Gasteiger partial charge in [-0.25, -0.2) is 0 Å². The van der Waals surface area contributed by atoms with Crippen LogP contribution in [0.15, 0.2) is 48.7 Å². The number of rotatable bonds is 6. The highest BCUT2D eigenvalue weighted by atomic mass is 19.3. The van der Waals surface area contributed by atoms with E-state index in [0.717, 1.165) is 0 Å². The molecule has 7 nitrogen and oxygen atoms in total. The SMILES string of the molecule is O=[N+]([O-])c1ccc2cnn(CC(O)c3ccc(OC(F)F)cc3)c2c1. The summed E-state index contributed by atoms with van der Waals surface area (Å²) in [5, 5.41) is 26.0. The van der Waals surface area contributed by atoms with E-state index < -0.39 is 17.6 Å². The summed E-state index contributed by atoms with van der Waals surface area (Å²) in [5.74, 6) is -0.00823. The van der Waals surface area contributed by atoms with Crippen LogP contribution in [-0.4, -0.2) is 26.4 Å². The first-order valence-corrected chi connectivity index (χ1v) is 7.27.